The Hall–Kier alpha value is -3.13. The maximum Gasteiger partial charge on any atom is 0.317 e. The summed E-state index contributed by atoms with van der Waals surface area (Å²) >= 11 is 0. The lowest BCUT2D eigenvalue weighted by molar-refractivity contribution is 0.199. The van der Waals surface area contributed by atoms with E-state index in [2.05, 4.69) is 27.4 Å². The summed E-state index contributed by atoms with van der Waals surface area (Å²) in [4.78, 5) is 22.7. The second-order valence-corrected chi connectivity index (χ2v) is 11.4. The van der Waals surface area contributed by atoms with Gasteiger partial charge in [-0.15, -0.1) is 0 Å². The van der Waals surface area contributed by atoms with Crippen molar-refractivity contribution < 1.29 is 13.2 Å². The predicted molar refractivity (Wildman–Crippen MR) is 134 cm³/mol. The molecular formula is C26H30N4O3S. The van der Waals surface area contributed by atoms with Gasteiger partial charge in [0.1, 0.15) is 5.65 Å². The van der Waals surface area contributed by atoms with E-state index < -0.39 is 9.84 Å². The number of fused-ring (bicyclic) bond motifs is 1. The predicted octanol–water partition coefficient (Wildman–Crippen LogP) is 4.76. The van der Waals surface area contributed by atoms with Crippen molar-refractivity contribution in [3.05, 3.63) is 54.4 Å². The van der Waals surface area contributed by atoms with Gasteiger partial charge in [0.05, 0.1) is 10.6 Å². The van der Waals surface area contributed by atoms with E-state index >= 15 is 0 Å². The Balaban J connectivity index is 1.35. The van der Waals surface area contributed by atoms with Gasteiger partial charge in [-0.05, 0) is 48.6 Å². The van der Waals surface area contributed by atoms with Crippen LogP contribution in [-0.4, -0.2) is 54.2 Å². The third kappa shape index (κ3) is 4.46. The third-order valence-electron chi connectivity index (χ3n) is 6.98. The summed E-state index contributed by atoms with van der Waals surface area (Å²) in [7, 11) is -3.22. The number of pyridine rings is 1. The molecule has 1 aliphatic carbocycles. The average Bonchev–Trinajstić information content (AvgIpc) is 3.53. The number of amides is 2. The number of carbonyl (C=O) groups excluding carboxylic acids is 1. The first kappa shape index (κ1) is 22.7. The molecule has 3 heterocycles. The van der Waals surface area contributed by atoms with Crippen molar-refractivity contribution in [2.75, 3.05) is 18.8 Å². The van der Waals surface area contributed by atoms with Gasteiger partial charge in [0.2, 0.25) is 0 Å². The number of sulfone groups is 1. The molecule has 34 heavy (non-hydrogen) atoms. The Kier molecular flexibility index (Phi) is 6.16. The van der Waals surface area contributed by atoms with Gasteiger partial charge >= 0.3 is 6.03 Å². The first-order valence-electron chi connectivity index (χ1n) is 12.0. The molecule has 3 aromatic rings. The van der Waals surface area contributed by atoms with Crippen LogP contribution >= 0.6 is 0 Å². The zero-order valence-corrected chi connectivity index (χ0v) is 20.2. The number of nitrogens with zero attached hydrogens (tertiary/aromatic N) is 2. The second-order valence-electron chi connectivity index (χ2n) is 9.11. The lowest BCUT2D eigenvalue weighted by atomic mass is 9.98. The van der Waals surface area contributed by atoms with Crippen molar-refractivity contribution in [1.82, 2.24) is 20.2 Å². The fourth-order valence-corrected chi connectivity index (χ4v) is 5.77. The van der Waals surface area contributed by atoms with E-state index in [1.807, 2.05) is 23.2 Å². The number of hydrogen-bond donors (Lipinski definition) is 2. The summed E-state index contributed by atoms with van der Waals surface area (Å²) in [5, 5.41) is 4.20. The minimum absolute atomic E-state index is 0.0404. The van der Waals surface area contributed by atoms with Crippen molar-refractivity contribution in [1.29, 1.82) is 0 Å². The Morgan fingerprint density at radius 1 is 1.18 bits per heavy atom. The molecule has 2 amide bonds. The minimum atomic E-state index is -3.22. The Bertz CT molecular complexity index is 1340. The monoisotopic (exact) mass is 478 g/mol. The van der Waals surface area contributed by atoms with Crippen molar-refractivity contribution in [3.8, 4) is 11.1 Å². The molecule has 7 nitrogen and oxygen atoms in total. The number of benzene rings is 1. The number of rotatable bonds is 5. The van der Waals surface area contributed by atoms with E-state index in [-0.39, 0.29) is 11.8 Å². The molecule has 0 radical (unpaired) electrons. The maximum atomic E-state index is 12.6. The van der Waals surface area contributed by atoms with Crippen LogP contribution in [0.4, 0.5) is 4.79 Å². The van der Waals surface area contributed by atoms with E-state index in [0.717, 1.165) is 47.0 Å². The molecule has 0 spiro atoms. The molecule has 2 N–H and O–H groups in total. The summed E-state index contributed by atoms with van der Waals surface area (Å²) in [6.07, 6.45) is 11.3. The van der Waals surface area contributed by atoms with Crippen molar-refractivity contribution in [3.63, 3.8) is 0 Å². The van der Waals surface area contributed by atoms with Crippen LogP contribution in [0.2, 0.25) is 0 Å². The molecular weight excluding hydrogens is 448 g/mol. The zero-order chi connectivity index (χ0) is 23.7. The molecule has 0 bridgehead atoms. The van der Waals surface area contributed by atoms with Crippen LogP contribution in [0.15, 0.2) is 53.7 Å². The standard InChI is InChI=1S/C26H30N4O3S/c1-2-34(32,33)22-9-7-18(8-10-22)20-15-23-24(17-28-25(23)27-16-20)19-11-13-30(14-12-19)26(31)29-21-5-3-4-6-21/h7-11,15-17,21H,2-6,12-14H2,1H3,(H,27,28)(H,29,31). The first-order chi connectivity index (χ1) is 16.4. The van der Waals surface area contributed by atoms with Crippen LogP contribution < -0.4 is 5.32 Å². The molecule has 1 fully saturated rings. The lowest BCUT2D eigenvalue weighted by Gasteiger charge is -2.28. The molecule has 1 saturated carbocycles. The van der Waals surface area contributed by atoms with Crippen LogP contribution in [0.25, 0.3) is 27.7 Å². The van der Waals surface area contributed by atoms with Crippen LogP contribution in [0.1, 0.15) is 44.6 Å². The van der Waals surface area contributed by atoms with Gasteiger partial charge in [-0.3, -0.25) is 0 Å². The highest BCUT2D eigenvalue weighted by Gasteiger charge is 2.23. The lowest BCUT2D eigenvalue weighted by Crippen LogP contribution is -2.45. The molecule has 2 aliphatic rings. The normalized spacial score (nSPS) is 17.2. The number of hydrogen-bond acceptors (Lipinski definition) is 4. The SMILES string of the molecule is CCS(=O)(=O)c1ccc(-c2cnc3[nH]cc(C4=CCN(C(=O)NC5CCCC5)CC4)c3c2)cc1. The summed E-state index contributed by atoms with van der Waals surface area (Å²) in [6, 6.07) is 9.44. The van der Waals surface area contributed by atoms with Gasteiger partial charge in [-0.2, -0.15) is 0 Å². The molecule has 0 saturated heterocycles. The largest absolute Gasteiger partial charge is 0.346 e. The van der Waals surface area contributed by atoms with E-state index in [4.69, 9.17) is 0 Å². The molecule has 5 rings (SSSR count). The van der Waals surface area contributed by atoms with Gasteiger partial charge in [-0.1, -0.05) is 38.0 Å². The zero-order valence-electron chi connectivity index (χ0n) is 19.4. The molecule has 178 valence electrons. The fourth-order valence-electron chi connectivity index (χ4n) is 4.88. The highest BCUT2D eigenvalue weighted by atomic mass is 32.2. The third-order valence-corrected chi connectivity index (χ3v) is 8.73. The van der Waals surface area contributed by atoms with Crippen LogP contribution in [-0.2, 0) is 9.84 Å². The maximum absolute atomic E-state index is 12.6. The molecule has 0 atom stereocenters. The first-order valence-corrected chi connectivity index (χ1v) is 13.6. The van der Waals surface area contributed by atoms with Crippen molar-refractivity contribution in [2.45, 2.75) is 50.0 Å². The number of aromatic nitrogens is 2. The van der Waals surface area contributed by atoms with Gasteiger partial charge in [0, 0.05) is 48.0 Å². The van der Waals surface area contributed by atoms with E-state index in [9.17, 15) is 13.2 Å². The summed E-state index contributed by atoms with van der Waals surface area (Å²) in [5.74, 6) is 0.0847. The van der Waals surface area contributed by atoms with E-state index in [1.54, 1.807) is 25.3 Å². The van der Waals surface area contributed by atoms with Crippen LogP contribution in [0.5, 0.6) is 0 Å². The highest BCUT2D eigenvalue weighted by Crippen LogP contribution is 2.32. The molecule has 1 aromatic carbocycles. The molecule has 8 heteroatoms. The number of aromatic amines is 1. The van der Waals surface area contributed by atoms with Crippen molar-refractivity contribution in [2.24, 2.45) is 0 Å². The fraction of sp³-hybridized carbons (Fsp3) is 0.385. The smallest absolute Gasteiger partial charge is 0.317 e. The van der Waals surface area contributed by atoms with Crippen LogP contribution in [0, 0.1) is 0 Å². The molecule has 0 unspecified atom stereocenters. The second kappa shape index (κ2) is 9.25. The van der Waals surface area contributed by atoms with Gasteiger partial charge < -0.3 is 15.2 Å². The summed E-state index contributed by atoms with van der Waals surface area (Å²) in [6.45, 7) is 2.94. The number of urea groups is 1. The summed E-state index contributed by atoms with van der Waals surface area (Å²) < 4.78 is 24.2. The van der Waals surface area contributed by atoms with Crippen LogP contribution in [0.3, 0.4) is 0 Å². The molecule has 2 aromatic heterocycles. The Morgan fingerprint density at radius 3 is 2.62 bits per heavy atom. The number of H-pyrrole nitrogens is 1. The Labute approximate surface area is 200 Å². The van der Waals surface area contributed by atoms with E-state index in [0.29, 0.717) is 24.0 Å². The minimum Gasteiger partial charge on any atom is -0.346 e. The highest BCUT2D eigenvalue weighted by molar-refractivity contribution is 7.91. The number of carbonyl (C=O) groups is 1. The molecule has 1 aliphatic heterocycles. The average molecular weight is 479 g/mol. The van der Waals surface area contributed by atoms with E-state index in [1.165, 1.54) is 18.4 Å². The number of nitrogens with one attached hydrogen (secondary N) is 2. The Morgan fingerprint density at radius 2 is 1.94 bits per heavy atom. The quantitative estimate of drug-likeness (QED) is 0.552. The van der Waals surface area contributed by atoms with Gasteiger partial charge in [0.15, 0.2) is 9.84 Å². The van der Waals surface area contributed by atoms with Crippen molar-refractivity contribution >= 4 is 32.5 Å². The topological polar surface area (TPSA) is 95.2 Å². The summed E-state index contributed by atoms with van der Waals surface area (Å²) in [5.41, 5.74) is 4.97. The van der Waals surface area contributed by atoms with Gasteiger partial charge in [0.25, 0.3) is 0 Å². The van der Waals surface area contributed by atoms with Gasteiger partial charge in [-0.25, -0.2) is 18.2 Å².